The first kappa shape index (κ1) is 23.5. The van der Waals surface area contributed by atoms with Crippen molar-refractivity contribution in [2.45, 2.75) is 51.5 Å². The van der Waals surface area contributed by atoms with Crippen LogP contribution in [0.25, 0.3) is 0 Å². The van der Waals surface area contributed by atoms with E-state index in [-0.39, 0.29) is 17.9 Å². The molecule has 3 heterocycles. The Morgan fingerprint density at radius 2 is 1.97 bits per heavy atom. The van der Waals surface area contributed by atoms with Gasteiger partial charge in [0, 0.05) is 67.8 Å². The molecule has 9 nitrogen and oxygen atoms in total. The van der Waals surface area contributed by atoms with Crippen molar-refractivity contribution in [3.8, 4) is 0 Å². The van der Waals surface area contributed by atoms with Crippen LogP contribution < -0.4 is 25.8 Å². The molecule has 9 heteroatoms. The van der Waals surface area contributed by atoms with Crippen LogP contribution in [0, 0.1) is 12.8 Å². The standard InChI is InChI=1S/C26H35N7O2/c1-18-14-21(6-7-23(18)32-12-10-27-11-13-32)30-26-29-16-20(15-19-8-9-28-25(19)35)24(31-26)33(17-34)22-4-2-3-5-22/h6-7,14,16-17,19,22,27H,2-5,8-13,15H2,1H3,(H,28,35)(H,29,30,31). The summed E-state index contributed by atoms with van der Waals surface area (Å²) >= 11 is 0. The van der Waals surface area contributed by atoms with Gasteiger partial charge >= 0.3 is 0 Å². The first-order valence-electron chi connectivity index (χ1n) is 12.8. The molecule has 5 rings (SSSR count). The molecule has 2 saturated heterocycles. The predicted octanol–water partition coefficient (Wildman–Crippen LogP) is 2.52. The third-order valence-corrected chi connectivity index (χ3v) is 7.46. The van der Waals surface area contributed by atoms with Crippen molar-refractivity contribution in [2.24, 2.45) is 5.92 Å². The number of anilines is 4. The van der Waals surface area contributed by atoms with E-state index in [4.69, 9.17) is 4.98 Å². The Bertz CT molecular complexity index is 1060. The van der Waals surface area contributed by atoms with Gasteiger partial charge in [-0.1, -0.05) is 12.8 Å². The predicted molar refractivity (Wildman–Crippen MR) is 137 cm³/mol. The molecule has 0 spiro atoms. The molecule has 1 saturated carbocycles. The maximum Gasteiger partial charge on any atom is 0.229 e. The molecule has 186 valence electrons. The Balaban J connectivity index is 1.40. The summed E-state index contributed by atoms with van der Waals surface area (Å²) in [7, 11) is 0. The summed E-state index contributed by atoms with van der Waals surface area (Å²) in [5, 5.41) is 9.64. The van der Waals surface area contributed by atoms with Gasteiger partial charge in [0.05, 0.1) is 0 Å². The number of aryl methyl sites for hydroxylation is 1. The molecular weight excluding hydrogens is 442 g/mol. The molecule has 1 aliphatic carbocycles. The Hall–Kier alpha value is -3.20. The van der Waals surface area contributed by atoms with Gasteiger partial charge in [-0.15, -0.1) is 0 Å². The highest BCUT2D eigenvalue weighted by Gasteiger charge is 2.30. The molecule has 2 aromatic rings. The number of hydrogen-bond donors (Lipinski definition) is 3. The van der Waals surface area contributed by atoms with Crippen molar-refractivity contribution in [3.63, 3.8) is 0 Å². The van der Waals surface area contributed by atoms with Crippen LogP contribution in [0.15, 0.2) is 24.4 Å². The lowest BCUT2D eigenvalue weighted by molar-refractivity contribution is -0.122. The number of aromatic nitrogens is 2. The highest BCUT2D eigenvalue weighted by Crippen LogP contribution is 2.32. The van der Waals surface area contributed by atoms with Crippen LogP contribution in [-0.2, 0) is 16.0 Å². The second-order valence-electron chi connectivity index (χ2n) is 9.84. The molecule has 35 heavy (non-hydrogen) atoms. The van der Waals surface area contributed by atoms with Crippen LogP contribution >= 0.6 is 0 Å². The van der Waals surface area contributed by atoms with Crippen molar-refractivity contribution >= 4 is 35.5 Å². The van der Waals surface area contributed by atoms with E-state index in [2.05, 4.69) is 51.0 Å². The zero-order valence-corrected chi connectivity index (χ0v) is 20.4. The molecule has 0 bridgehead atoms. The second-order valence-corrected chi connectivity index (χ2v) is 9.84. The fourth-order valence-electron chi connectivity index (χ4n) is 5.55. The summed E-state index contributed by atoms with van der Waals surface area (Å²) in [5.41, 5.74) is 4.20. The number of carbonyl (C=O) groups is 2. The number of amides is 2. The Morgan fingerprint density at radius 3 is 2.66 bits per heavy atom. The van der Waals surface area contributed by atoms with E-state index in [1.165, 1.54) is 11.3 Å². The van der Waals surface area contributed by atoms with Gasteiger partial charge in [0.15, 0.2) is 0 Å². The van der Waals surface area contributed by atoms with E-state index in [9.17, 15) is 9.59 Å². The average Bonchev–Trinajstić information content (AvgIpc) is 3.54. The van der Waals surface area contributed by atoms with Crippen LogP contribution in [-0.4, -0.2) is 61.1 Å². The average molecular weight is 478 g/mol. The first-order chi connectivity index (χ1) is 17.1. The molecule has 0 radical (unpaired) electrons. The number of carbonyl (C=O) groups excluding carboxylic acids is 2. The zero-order chi connectivity index (χ0) is 24.2. The van der Waals surface area contributed by atoms with Gasteiger partial charge in [0.2, 0.25) is 18.3 Å². The van der Waals surface area contributed by atoms with Gasteiger partial charge in [-0.2, -0.15) is 4.98 Å². The largest absolute Gasteiger partial charge is 0.369 e. The number of benzene rings is 1. The molecule has 3 N–H and O–H groups in total. The fraction of sp³-hybridized carbons (Fsp3) is 0.538. The fourth-order valence-corrected chi connectivity index (χ4v) is 5.55. The Morgan fingerprint density at radius 1 is 1.17 bits per heavy atom. The molecule has 3 aliphatic rings. The summed E-state index contributed by atoms with van der Waals surface area (Å²) in [5.74, 6) is 1.04. The normalized spacial score (nSPS) is 20.7. The minimum Gasteiger partial charge on any atom is -0.369 e. The number of piperazine rings is 1. The van der Waals surface area contributed by atoms with Crippen molar-refractivity contribution in [3.05, 3.63) is 35.5 Å². The van der Waals surface area contributed by atoms with E-state index >= 15 is 0 Å². The molecule has 1 aromatic carbocycles. The van der Waals surface area contributed by atoms with E-state index in [1.807, 2.05) is 0 Å². The molecular formula is C26H35N7O2. The topological polar surface area (TPSA) is 102 Å². The maximum atomic E-state index is 12.2. The van der Waals surface area contributed by atoms with Crippen molar-refractivity contribution in [2.75, 3.05) is 47.8 Å². The van der Waals surface area contributed by atoms with Crippen molar-refractivity contribution in [1.82, 2.24) is 20.6 Å². The van der Waals surface area contributed by atoms with Gasteiger partial charge in [-0.05, 0) is 56.4 Å². The van der Waals surface area contributed by atoms with Gasteiger partial charge in [0.1, 0.15) is 5.82 Å². The third-order valence-electron chi connectivity index (χ3n) is 7.46. The van der Waals surface area contributed by atoms with Crippen LogP contribution in [0.5, 0.6) is 0 Å². The number of hydrogen-bond acceptors (Lipinski definition) is 7. The Labute approximate surface area is 206 Å². The van der Waals surface area contributed by atoms with Crippen LogP contribution in [0.3, 0.4) is 0 Å². The highest BCUT2D eigenvalue weighted by atomic mass is 16.2. The SMILES string of the molecule is Cc1cc(Nc2ncc(CC3CCNC3=O)c(N(C=O)C3CCCC3)n2)ccc1N1CCNCC1. The minimum atomic E-state index is -0.103. The number of nitrogens with one attached hydrogen (secondary N) is 3. The minimum absolute atomic E-state index is 0.0664. The molecule has 3 fully saturated rings. The highest BCUT2D eigenvalue weighted by molar-refractivity contribution is 5.82. The summed E-state index contributed by atoms with van der Waals surface area (Å²) < 4.78 is 0. The molecule has 1 aromatic heterocycles. The number of nitrogens with zero attached hydrogens (tertiary/aromatic N) is 4. The molecule has 2 amide bonds. The maximum absolute atomic E-state index is 12.2. The summed E-state index contributed by atoms with van der Waals surface area (Å²) in [6.07, 6.45) is 8.19. The van der Waals surface area contributed by atoms with Gasteiger partial charge < -0.3 is 20.9 Å². The van der Waals surface area contributed by atoms with Gasteiger partial charge in [-0.25, -0.2) is 4.98 Å². The smallest absolute Gasteiger partial charge is 0.229 e. The van der Waals surface area contributed by atoms with Crippen LogP contribution in [0.4, 0.5) is 23.1 Å². The lowest BCUT2D eigenvalue weighted by Gasteiger charge is -2.31. The van der Waals surface area contributed by atoms with Gasteiger partial charge in [-0.3, -0.25) is 14.5 Å². The third kappa shape index (κ3) is 5.24. The summed E-state index contributed by atoms with van der Waals surface area (Å²) in [6.45, 7) is 6.83. The van der Waals surface area contributed by atoms with Gasteiger partial charge in [0.25, 0.3) is 0 Å². The van der Waals surface area contributed by atoms with Crippen LogP contribution in [0.2, 0.25) is 0 Å². The van der Waals surface area contributed by atoms with E-state index < -0.39 is 0 Å². The molecule has 2 aliphatic heterocycles. The Kier molecular flexibility index (Phi) is 7.13. The summed E-state index contributed by atoms with van der Waals surface area (Å²) in [4.78, 5) is 38.0. The quantitative estimate of drug-likeness (QED) is 0.502. The second kappa shape index (κ2) is 10.6. The lowest BCUT2D eigenvalue weighted by Crippen LogP contribution is -2.43. The number of rotatable bonds is 8. The molecule has 1 atom stereocenters. The van der Waals surface area contributed by atoms with Crippen LogP contribution in [0.1, 0.15) is 43.2 Å². The van der Waals surface area contributed by atoms with Crippen molar-refractivity contribution < 1.29 is 9.59 Å². The van der Waals surface area contributed by atoms with Crippen molar-refractivity contribution in [1.29, 1.82) is 0 Å². The first-order valence-corrected chi connectivity index (χ1v) is 12.8. The van der Waals surface area contributed by atoms with E-state index in [0.717, 1.165) is 75.9 Å². The zero-order valence-electron chi connectivity index (χ0n) is 20.4. The van der Waals surface area contributed by atoms with E-state index in [0.29, 0.717) is 24.7 Å². The van der Waals surface area contributed by atoms with E-state index in [1.54, 1.807) is 11.1 Å². The monoisotopic (exact) mass is 477 g/mol. The summed E-state index contributed by atoms with van der Waals surface area (Å²) in [6, 6.07) is 6.46. The lowest BCUT2D eigenvalue weighted by atomic mass is 9.99. The molecule has 1 unspecified atom stereocenters.